The Labute approximate surface area is 75.0 Å². The van der Waals surface area contributed by atoms with Crippen LogP contribution >= 0.6 is 12.4 Å². The maximum atomic E-state index is 12.6. The highest BCUT2D eigenvalue weighted by Crippen LogP contribution is 2.30. The van der Waals surface area contributed by atoms with Crippen molar-refractivity contribution < 1.29 is 19.4 Å². The van der Waals surface area contributed by atoms with Gasteiger partial charge in [-0.05, 0) is 0 Å². The Morgan fingerprint density at radius 3 is 2.25 bits per heavy atom. The van der Waals surface area contributed by atoms with E-state index in [2.05, 4.69) is 0 Å². The first-order valence-corrected chi connectivity index (χ1v) is 3.30. The Bertz CT molecular complexity index is 180. The highest BCUT2D eigenvalue weighted by molar-refractivity contribution is 5.85. The molecule has 0 spiro atoms. The van der Waals surface area contributed by atoms with Crippen molar-refractivity contribution in [3.8, 4) is 0 Å². The van der Waals surface area contributed by atoms with Gasteiger partial charge < -0.3 is 15.9 Å². The molecule has 0 aromatic carbocycles. The normalized spacial score (nSPS) is 40.6. The third-order valence-electron chi connectivity index (χ3n) is 1.98. The van der Waals surface area contributed by atoms with Gasteiger partial charge in [0.2, 0.25) is 0 Å². The first kappa shape index (κ1) is 11.6. The minimum atomic E-state index is -1.57. The molecule has 0 aromatic heterocycles. The molecule has 4 nitrogen and oxygen atoms in total. The number of alkyl halides is 1. The summed E-state index contributed by atoms with van der Waals surface area (Å²) in [6, 6.07) is 0. The number of hydrogen-bond donors (Lipinski definition) is 3. The summed E-state index contributed by atoms with van der Waals surface area (Å²) in [5, 5.41) is 17.4. The molecule has 12 heavy (non-hydrogen) atoms. The van der Waals surface area contributed by atoms with Crippen LogP contribution in [0.25, 0.3) is 0 Å². The summed E-state index contributed by atoms with van der Waals surface area (Å²) < 4.78 is 12.6. The molecule has 0 aliphatic heterocycles. The number of hydrogen-bond acceptors (Lipinski definition) is 3. The lowest BCUT2D eigenvalue weighted by Crippen LogP contribution is -2.46. The standard InChI is InChI=1S/C6H10FNO3.ClH/c7-3-1-6(8,5(10)11)2-4(3)9;/h3-4,9H,1-2,8H2,(H,10,11);1H/t3-,4-,6-;/m0./s1. The largest absolute Gasteiger partial charge is 0.480 e. The fourth-order valence-electron chi connectivity index (χ4n) is 1.24. The zero-order chi connectivity index (χ0) is 8.65. The Balaban J connectivity index is 0.00000121. The van der Waals surface area contributed by atoms with E-state index in [1.54, 1.807) is 0 Å². The van der Waals surface area contributed by atoms with Crippen LogP contribution in [0.2, 0.25) is 0 Å². The second-order valence-electron chi connectivity index (χ2n) is 2.95. The number of carbonyl (C=O) groups is 1. The van der Waals surface area contributed by atoms with Crippen LogP contribution in [0, 0.1) is 0 Å². The molecule has 0 bridgehead atoms. The lowest BCUT2D eigenvalue weighted by atomic mass is 10.00. The molecule has 1 rings (SSSR count). The second kappa shape index (κ2) is 3.55. The van der Waals surface area contributed by atoms with Crippen molar-refractivity contribution in [1.82, 2.24) is 0 Å². The summed E-state index contributed by atoms with van der Waals surface area (Å²) >= 11 is 0. The summed E-state index contributed by atoms with van der Waals surface area (Å²) in [7, 11) is 0. The minimum absolute atomic E-state index is 0. The zero-order valence-corrected chi connectivity index (χ0v) is 7.05. The number of carboxylic acid groups (broad SMARTS) is 1. The molecule has 6 heteroatoms. The van der Waals surface area contributed by atoms with Crippen LogP contribution in [-0.4, -0.2) is 34.0 Å². The average molecular weight is 200 g/mol. The maximum Gasteiger partial charge on any atom is 0.323 e. The van der Waals surface area contributed by atoms with Crippen LogP contribution < -0.4 is 5.73 Å². The molecule has 1 aliphatic carbocycles. The van der Waals surface area contributed by atoms with Gasteiger partial charge in [0.15, 0.2) is 0 Å². The monoisotopic (exact) mass is 199 g/mol. The van der Waals surface area contributed by atoms with E-state index in [0.29, 0.717) is 0 Å². The quantitative estimate of drug-likeness (QED) is 0.541. The lowest BCUT2D eigenvalue weighted by molar-refractivity contribution is -0.143. The second-order valence-corrected chi connectivity index (χ2v) is 2.95. The number of nitrogens with two attached hydrogens (primary N) is 1. The molecule has 4 N–H and O–H groups in total. The Morgan fingerprint density at radius 2 is 2.08 bits per heavy atom. The van der Waals surface area contributed by atoms with Crippen molar-refractivity contribution in [2.24, 2.45) is 5.73 Å². The average Bonchev–Trinajstić information content (AvgIpc) is 2.09. The molecule has 0 heterocycles. The molecule has 0 radical (unpaired) electrons. The van der Waals surface area contributed by atoms with Crippen molar-refractivity contribution in [2.75, 3.05) is 0 Å². The van der Waals surface area contributed by atoms with E-state index in [-0.39, 0.29) is 25.2 Å². The predicted octanol–water partition coefficient (Wildman–Crippen LogP) is -0.317. The van der Waals surface area contributed by atoms with Crippen molar-refractivity contribution in [3.05, 3.63) is 0 Å². The van der Waals surface area contributed by atoms with Crippen molar-refractivity contribution in [3.63, 3.8) is 0 Å². The van der Waals surface area contributed by atoms with Gasteiger partial charge in [0, 0.05) is 12.8 Å². The summed E-state index contributed by atoms with van der Waals surface area (Å²) in [6.45, 7) is 0. The van der Waals surface area contributed by atoms with Crippen molar-refractivity contribution in [1.29, 1.82) is 0 Å². The van der Waals surface area contributed by atoms with E-state index in [4.69, 9.17) is 15.9 Å². The Hall–Kier alpha value is -0.390. The smallest absolute Gasteiger partial charge is 0.323 e. The molecule has 0 saturated heterocycles. The van der Waals surface area contributed by atoms with Crippen LogP contribution in [0.15, 0.2) is 0 Å². The molecule has 3 atom stereocenters. The number of halogens is 2. The number of aliphatic carboxylic acids is 1. The third kappa shape index (κ3) is 1.85. The first-order chi connectivity index (χ1) is 4.96. The molecule has 1 aliphatic rings. The molecule has 72 valence electrons. The highest BCUT2D eigenvalue weighted by Gasteiger charge is 2.47. The number of aliphatic hydroxyl groups excluding tert-OH is 1. The van der Waals surface area contributed by atoms with Gasteiger partial charge in [-0.3, -0.25) is 4.79 Å². The zero-order valence-electron chi connectivity index (χ0n) is 6.24. The molecule has 0 unspecified atom stereocenters. The van der Waals surface area contributed by atoms with Crippen LogP contribution in [0.4, 0.5) is 4.39 Å². The van der Waals surface area contributed by atoms with E-state index in [9.17, 15) is 9.18 Å². The van der Waals surface area contributed by atoms with E-state index in [0.717, 1.165) is 0 Å². The van der Waals surface area contributed by atoms with E-state index in [1.165, 1.54) is 0 Å². The third-order valence-corrected chi connectivity index (χ3v) is 1.98. The minimum Gasteiger partial charge on any atom is -0.480 e. The van der Waals surface area contributed by atoms with Gasteiger partial charge in [0.25, 0.3) is 0 Å². The molecule has 1 fully saturated rings. The maximum absolute atomic E-state index is 12.6. The Morgan fingerprint density at radius 1 is 1.58 bits per heavy atom. The summed E-state index contributed by atoms with van der Waals surface area (Å²) in [5.41, 5.74) is 3.71. The van der Waals surface area contributed by atoms with Crippen LogP contribution in [0.1, 0.15) is 12.8 Å². The van der Waals surface area contributed by atoms with Gasteiger partial charge in [-0.25, -0.2) is 4.39 Å². The molecular weight excluding hydrogens is 189 g/mol. The van der Waals surface area contributed by atoms with Crippen molar-refractivity contribution >= 4 is 18.4 Å². The van der Waals surface area contributed by atoms with Crippen LogP contribution in [0.3, 0.4) is 0 Å². The van der Waals surface area contributed by atoms with Gasteiger partial charge in [-0.1, -0.05) is 0 Å². The van der Waals surface area contributed by atoms with E-state index in [1.807, 2.05) is 0 Å². The highest BCUT2D eigenvalue weighted by atomic mass is 35.5. The number of rotatable bonds is 1. The lowest BCUT2D eigenvalue weighted by Gasteiger charge is -2.15. The predicted molar refractivity (Wildman–Crippen MR) is 41.9 cm³/mol. The van der Waals surface area contributed by atoms with Gasteiger partial charge in [-0.2, -0.15) is 0 Å². The fraction of sp³-hybridized carbons (Fsp3) is 0.833. The van der Waals surface area contributed by atoms with Gasteiger partial charge in [-0.15, -0.1) is 12.4 Å². The van der Waals surface area contributed by atoms with Crippen molar-refractivity contribution in [2.45, 2.75) is 30.7 Å². The summed E-state index contributed by atoms with van der Waals surface area (Å²) in [6.07, 6.45) is -3.24. The van der Waals surface area contributed by atoms with Gasteiger partial charge in [0.1, 0.15) is 11.7 Å². The van der Waals surface area contributed by atoms with Gasteiger partial charge >= 0.3 is 5.97 Å². The fourth-order valence-corrected chi connectivity index (χ4v) is 1.24. The van der Waals surface area contributed by atoms with E-state index >= 15 is 0 Å². The van der Waals surface area contributed by atoms with E-state index < -0.39 is 23.8 Å². The SMILES string of the molecule is Cl.N[C@]1(C(=O)O)C[C@H](O)[C@@H](F)C1. The number of carboxylic acids is 1. The van der Waals surface area contributed by atoms with Crippen LogP contribution in [0.5, 0.6) is 0 Å². The van der Waals surface area contributed by atoms with Gasteiger partial charge in [0.05, 0.1) is 6.10 Å². The molecule has 1 saturated carbocycles. The molecule has 0 aromatic rings. The topological polar surface area (TPSA) is 83.6 Å². The number of aliphatic hydroxyl groups is 1. The first-order valence-electron chi connectivity index (χ1n) is 3.30. The summed E-state index contributed by atoms with van der Waals surface area (Å²) in [4.78, 5) is 10.4. The molecule has 0 amide bonds. The summed E-state index contributed by atoms with van der Waals surface area (Å²) in [5.74, 6) is -1.25. The Kier molecular flexibility index (Phi) is 3.44. The molecular formula is C6H11ClFNO3. The van der Waals surface area contributed by atoms with Crippen LogP contribution in [-0.2, 0) is 4.79 Å².